The van der Waals surface area contributed by atoms with Crippen LogP contribution in [0.1, 0.15) is 43.4 Å². The summed E-state index contributed by atoms with van der Waals surface area (Å²) in [6.07, 6.45) is 5.47. The van der Waals surface area contributed by atoms with Gasteiger partial charge in [0.15, 0.2) is 16.7 Å². The maximum absolute atomic E-state index is 13.2. The first-order chi connectivity index (χ1) is 16.2. The van der Waals surface area contributed by atoms with Gasteiger partial charge >= 0.3 is 0 Å². The van der Waals surface area contributed by atoms with Crippen LogP contribution in [0.25, 0.3) is 5.69 Å². The SMILES string of the molecule is CCc1ccccc1-n1cnnc1SCC(=O)N1CCCC1c1ccc2c(c1)OCCCO2. The minimum Gasteiger partial charge on any atom is -0.490 e. The van der Waals surface area contributed by atoms with Crippen LogP contribution in [0, 0.1) is 0 Å². The number of aryl methyl sites for hydroxylation is 1. The number of amides is 1. The first kappa shape index (κ1) is 21.8. The highest BCUT2D eigenvalue weighted by molar-refractivity contribution is 7.99. The Hall–Kier alpha value is -3.00. The molecule has 172 valence electrons. The Labute approximate surface area is 198 Å². The molecule has 0 saturated carbocycles. The molecule has 3 aromatic rings. The summed E-state index contributed by atoms with van der Waals surface area (Å²) in [5.41, 5.74) is 3.39. The highest BCUT2D eigenvalue weighted by Gasteiger charge is 2.31. The number of likely N-dealkylation sites (tertiary alicyclic amines) is 1. The lowest BCUT2D eigenvalue weighted by atomic mass is 10.0. The van der Waals surface area contributed by atoms with Gasteiger partial charge in [0, 0.05) is 13.0 Å². The lowest BCUT2D eigenvalue weighted by Gasteiger charge is -2.25. The number of aromatic nitrogens is 3. The molecule has 1 amide bonds. The van der Waals surface area contributed by atoms with Crippen molar-refractivity contribution in [2.24, 2.45) is 0 Å². The number of rotatable bonds is 6. The third-order valence-electron chi connectivity index (χ3n) is 6.20. The first-order valence-corrected chi connectivity index (χ1v) is 12.5. The summed E-state index contributed by atoms with van der Waals surface area (Å²) in [6.45, 7) is 4.23. The summed E-state index contributed by atoms with van der Waals surface area (Å²) in [7, 11) is 0. The molecule has 0 radical (unpaired) electrons. The second-order valence-corrected chi connectivity index (χ2v) is 9.20. The third-order valence-corrected chi connectivity index (χ3v) is 7.13. The lowest BCUT2D eigenvalue weighted by Crippen LogP contribution is -2.32. The van der Waals surface area contributed by atoms with Crippen molar-refractivity contribution in [3.63, 3.8) is 0 Å². The maximum atomic E-state index is 13.2. The number of fused-ring (bicyclic) bond motifs is 1. The van der Waals surface area contributed by atoms with Crippen molar-refractivity contribution in [2.45, 2.75) is 43.8 Å². The summed E-state index contributed by atoms with van der Waals surface area (Å²) in [5.74, 6) is 2.01. The van der Waals surface area contributed by atoms with Crippen LogP contribution in [0.5, 0.6) is 11.5 Å². The fourth-order valence-corrected chi connectivity index (χ4v) is 5.35. The maximum Gasteiger partial charge on any atom is 0.233 e. The van der Waals surface area contributed by atoms with Crippen molar-refractivity contribution in [1.29, 1.82) is 0 Å². The molecule has 33 heavy (non-hydrogen) atoms. The molecule has 2 aliphatic heterocycles. The molecule has 8 heteroatoms. The molecule has 0 bridgehead atoms. The van der Waals surface area contributed by atoms with Gasteiger partial charge in [-0.25, -0.2) is 0 Å². The van der Waals surface area contributed by atoms with Gasteiger partial charge in [-0.1, -0.05) is 43.0 Å². The second-order valence-electron chi connectivity index (χ2n) is 8.26. The van der Waals surface area contributed by atoms with Crippen LogP contribution in [-0.4, -0.2) is 51.1 Å². The number of hydrogen-bond donors (Lipinski definition) is 0. The van der Waals surface area contributed by atoms with Crippen LogP contribution < -0.4 is 9.47 Å². The number of benzene rings is 2. The molecule has 1 atom stereocenters. The molecule has 5 rings (SSSR count). The van der Waals surface area contributed by atoms with Gasteiger partial charge in [-0.05, 0) is 48.6 Å². The summed E-state index contributed by atoms with van der Waals surface area (Å²) >= 11 is 1.44. The lowest BCUT2D eigenvalue weighted by molar-refractivity contribution is -0.129. The van der Waals surface area contributed by atoms with Gasteiger partial charge in [0.25, 0.3) is 0 Å². The molecule has 2 aliphatic rings. The van der Waals surface area contributed by atoms with Crippen molar-refractivity contribution in [3.8, 4) is 17.2 Å². The number of thioether (sulfide) groups is 1. The van der Waals surface area contributed by atoms with E-state index in [2.05, 4.69) is 35.3 Å². The topological polar surface area (TPSA) is 69.5 Å². The normalized spacial score (nSPS) is 17.7. The fraction of sp³-hybridized carbons (Fsp3) is 0.400. The van der Waals surface area contributed by atoms with Crippen molar-refractivity contribution in [2.75, 3.05) is 25.5 Å². The summed E-state index contributed by atoms with van der Waals surface area (Å²) in [4.78, 5) is 15.2. The first-order valence-electron chi connectivity index (χ1n) is 11.5. The molecule has 1 unspecified atom stereocenters. The third kappa shape index (κ3) is 4.57. The number of nitrogens with zero attached hydrogens (tertiary/aromatic N) is 4. The Kier molecular flexibility index (Phi) is 6.53. The van der Waals surface area contributed by atoms with Crippen molar-refractivity contribution in [1.82, 2.24) is 19.7 Å². The Morgan fingerprint density at radius 2 is 1.97 bits per heavy atom. The Morgan fingerprint density at radius 1 is 1.12 bits per heavy atom. The van der Waals surface area contributed by atoms with E-state index in [9.17, 15) is 4.79 Å². The number of hydrogen-bond acceptors (Lipinski definition) is 6. The van der Waals surface area contributed by atoms with E-state index in [0.717, 1.165) is 60.1 Å². The molecule has 0 N–H and O–H groups in total. The summed E-state index contributed by atoms with van der Waals surface area (Å²) in [6, 6.07) is 14.4. The molecule has 1 fully saturated rings. The van der Waals surface area contributed by atoms with Gasteiger partial charge in [-0.2, -0.15) is 0 Å². The molecule has 7 nitrogen and oxygen atoms in total. The zero-order valence-corrected chi connectivity index (χ0v) is 19.6. The van der Waals surface area contributed by atoms with Crippen LogP contribution in [0.3, 0.4) is 0 Å². The van der Waals surface area contributed by atoms with Crippen LogP contribution in [-0.2, 0) is 11.2 Å². The largest absolute Gasteiger partial charge is 0.490 e. The van der Waals surface area contributed by atoms with Gasteiger partial charge in [0.1, 0.15) is 6.33 Å². The molecular weight excluding hydrogens is 436 g/mol. The van der Waals surface area contributed by atoms with Crippen molar-refractivity contribution < 1.29 is 14.3 Å². The standard InChI is InChI=1S/C25H28N4O3S/c1-2-18-7-3-4-8-20(18)29-17-26-27-25(29)33-16-24(30)28-12-5-9-21(28)19-10-11-22-23(15-19)32-14-6-13-31-22/h3-4,7-8,10-11,15,17,21H,2,5-6,9,12-14,16H2,1H3. The van der Waals surface area contributed by atoms with Gasteiger partial charge in [0.2, 0.25) is 5.91 Å². The molecule has 1 saturated heterocycles. The molecular formula is C25H28N4O3S. The van der Waals surface area contributed by atoms with Gasteiger partial charge in [-0.3, -0.25) is 9.36 Å². The van der Waals surface area contributed by atoms with Gasteiger partial charge in [-0.15, -0.1) is 10.2 Å². The smallest absolute Gasteiger partial charge is 0.233 e. The average molecular weight is 465 g/mol. The van der Waals surface area contributed by atoms with Gasteiger partial charge in [0.05, 0.1) is 30.7 Å². The second kappa shape index (κ2) is 9.87. The van der Waals surface area contributed by atoms with E-state index >= 15 is 0 Å². The number of para-hydroxylation sites is 1. The Balaban J connectivity index is 1.29. The van der Waals surface area contributed by atoms with Crippen LogP contribution in [0.2, 0.25) is 0 Å². The van der Waals surface area contributed by atoms with E-state index in [0.29, 0.717) is 19.0 Å². The van der Waals surface area contributed by atoms with E-state index in [1.54, 1.807) is 6.33 Å². The van der Waals surface area contributed by atoms with Crippen molar-refractivity contribution in [3.05, 3.63) is 59.9 Å². The highest BCUT2D eigenvalue weighted by atomic mass is 32.2. The molecule has 3 heterocycles. The quantitative estimate of drug-likeness (QED) is 0.502. The minimum absolute atomic E-state index is 0.0638. The monoisotopic (exact) mass is 464 g/mol. The number of carbonyl (C=O) groups excluding carboxylic acids is 1. The Morgan fingerprint density at radius 3 is 2.85 bits per heavy atom. The predicted molar refractivity (Wildman–Crippen MR) is 127 cm³/mol. The zero-order valence-electron chi connectivity index (χ0n) is 18.8. The summed E-state index contributed by atoms with van der Waals surface area (Å²) < 4.78 is 13.6. The molecule has 2 aromatic carbocycles. The number of ether oxygens (including phenoxy) is 2. The zero-order chi connectivity index (χ0) is 22.6. The summed E-state index contributed by atoms with van der Waals surface area (Å²) in [5, 5.41) is 9.11. The van der Waals surface area contributed by atoms with E-state index in [-0.39, 0.29) is 11.9 Å². The van der Waals surface area contributed by atoms with Crippen LogP contribution in [0.4, 0.5) is 0 Å². The highest BCUT2D eigenvalue weighted by Crippen LogP contribution is 2.38. The predicted octanol–water partition coefficient (Wildman–Crippen LogP) is 4.45. The Bertz CT molecular complexity index is 1130. The molecule has 0 spiro atoms. The number of carbonyl (C=O) groups is 1. The fourth-order valence-electron chi connectivity index (χ4n) is 4.54. The van der Waals surface area contributed by atoms with Crippen molar-refractivity contribution >= 4 is 17.7 Å². The van der Waals surface area contributed by atoms with E-state index < -0.39 is 0 Å². The van der Waals surface area contributed by atoms with Gasteiger partial charge < -0.3 is 14.4 Å². The molecule has 0 aliphatic carbocycles. The van der Waals surface area contributed by atoms with E-state index in [4.69, 9.17) is 9.47 Å². The minimum atomic E-state index is 0.0638. The molecule has 1 aromatic heterocycles. The van der Waals surface area contributed by atoms with E-state index in [1.807, 2.05) is 33.7 Å². The van der Waals surface area contributed by atoms with Crippen LogP contribution in [0.15, 0.2) is 53.9 Å². The van der Waals surface area contributed by atoms with E-state index in [1.165, 1.54) is 17.3 Å². The van der Waals surface area contributed by atoms with Crippen LogP contribution >= 0.6 is 11.8 Å². The average Bonchev–Trinajstić information content (AvgIpc) is 3.47.